The second-order valence-electron chi connectivity index (χ2n) is 5.47. The number of benzene rings is 2. The maximum absolute atomic E-state index is 13.0. The Labute approximate surface area is 140 Å². The first-order chi connectivity index (χ1) is 11.7. The highest BCUT2D eigenvalue weighted by molar-refractivity contribution is 6.19. The molecule has 0 fully saturated rings. The Morgan fingerprint density at radius 1 is 0.958 bits per heavy atom. The van der Waals surface area contributed by atoms with Crippen LogP contribution in [0.3, 0.4) is 0 Å². The van der Waals surface area contributed by atoms with Crippen molar-refractivity contribution in [1.82, 2.24) is 15.1 Å². The molecule has 0 aliphatic rings. The van der Waals surface area contributed by atoms with Crippen LogP contribution >= 0.6 is 0 Å². The Hall–Kier alpha value is -2.95. The molecule has 3 rings (SSSR count). The summed E-state index contributed by atoms with van der Waals surface area (Å²) in [6, 6.07) is 14.4. The van der Waals surface area contributed by atoms with Crippen LogP contribution in [0.1, 0.15) is 40.3 Å². The van der Waals surface area contributed by atoms with Gasteiger partial charge in [-0.05, 0) is 26.0 Å². The number of hydrogen-bond donors (Lipinski definition) is 1. The number of fused-ring (bicyclic) bond motifs is 1. The number of para-hydroxylation sites is 1. The van der Waals surface area contributed by atoms with E-state index in [2.05, 4.69) is 10.2 Å². The lowest BCUT2D eigenvalue weighted by Gasteiger charge is -2.19. The molecule has 5 heteroatoms. The predicted octanol–water partition coefficient (Wildman–Crippen LogP) is 3.28. The van der Waals surface area contributed by atoms with Gasteiger partial charge in [0.25, 0.3) is 5.91 Å². The highest BCUT2D eigenvalue weighted by atomic mass is 16.2. The van der Waals surface area contributed by atoms with E-state index in [0.717, 1.165) is 10.9 Å². The zero-order valence-electron chi connectivity index (χ0n) is 13.7. The van der Waals surface area contributed by atoms with Crippen LogP contribution in [0.5, 0.6) is 0 Å². The average molecular weight is 321 g/mol. The van der Waals surface area contributed by atoms with Crippen molar-refractivity contribution in [2.24, 2.45) is 0 Å². The summed E-state index contributed by atoms with van der Waals surface area (Å²) in [7, 11) is 0. The normalized spacial score (nSPS) is 10.8. The molecule has 1 N–H and O–H groups in total. The van der Waals surface area contributed by atoms with Crippen LogP contribution in [0, 0.1) is 0 Å². The van der Waals surface area contributed by atoms with Crippen molar-refractivity contribution in [1.29, 1.82) is 0 Å². The van der Waals surface area contributed by atoms with Gasteiger partial charge >= 0.3 is 0 Å². The SMILES string of the molecule is CCN(CC)C(=O)c1ccccc1C(=O)c1n[nH]c2ccccc12. The van der Waals surface area contributed by atoms with Gasteiger partial charge in [-0.1, -0.05) is 36.4 Å². The van der Waals surface area contributed by atoms with E-state index in [1.54, 1.807) is 29.2 Å². The van der Waals surface area contributed by atoms with E-state index in [4.69, 9.17) is 0 Å². The van der Waals surface area contributed by atoms with Gasteiger partial charge in [-0.15, -0.1) is 0 Å². The van der Waals surface area contributed by atoms with Crippen molar-refractivity contribution >= 4 is 22.6 Å². The smallest absolute Gasteiger partial charge is 0.254 e. The Balaban J connectivity index is 2.07. The number of amides is 1. The fraction of sp³-hybridized carbons (Fsp3) is 0.211. The Morgan fingerprint density at radius 2 is 1.58 bits per heavy atom. The molecular formula is C19H19N3O2. The molecule has 0 saturated heterocycles. The van der Waals surface area contributed by atoms with Gasteiger partial charge in [0.2, 0.25) is 5.78 Å². The molecule has 0 radical (unpaired) electrons. The number of carbonyl (C=O) groups is 2. The lowest BCUT2D eigenvalue weighted by atomic mass is 9.99. The highest BCUT2D eigenvalue weighted by Gasteiger charge is 2.23. The minimum atomic E-state index is -0.247. The first-order valence-corrected chi connectivity index (χ1v) is 8.03. The van der Waals surface area contributed by atoms with Gasteiger partial charge in [0.15, 0.2) is 0 Å². The molecule has 5 nitrogen and oxygen atoms in total. The predicted molar refractivity (Wildman–Crippen MR) is 93.2 cm³/mol. The summed E-state index contributed by atoms with van der Waals surface area (Å²) in [4.78, 5) is 27.4. The number of carbonyl (C=O) groups excluding carboxylic acids is 2. The first kappa shape index (κ1) is 15.9. The monoisotopic (exact) mass is 321 g/mol. The van der Waals surface area contributed by atoms with Crippen LogP contribution in [-0.4, -0.2) is 39.9 Å². The zero-order chi connectivity index (χ0) is 17.1. The molecule has 0 spiro atoms. The van der Waals surface area contributed by atoms with Crippen molar-refractivity contribution in [3.8, 4) is 0 Å². The number of aromatic amines is 1. The molecule has 0 saturated carbocycles. The third-order valence-corrected chi connectivity index (χ3v) is 4.14. The Bertz CT molecular complexity index is 894. The van der Waals surface area contributed by atoms with Gasteiger partial charge in [-0.2, -0.15) is 5.10 Å². The summed E-state index contributed by atoms with van der Waals surface area (Å²) in [6.07, 6.45) is 0. The molecule has 122 valence electrons. The van der Waals surface area contributed by atoms with E-state index >= 15 is 0 Å². The molecule has 1 heterocycles. The highest BCUT2D eigenvalue weighted by Crippen LogP contribution is 2.21. The molecule has 1 aromatic heterocycles. The number of hydrogen-bond acceptors (Lipinski definition) is 3. The third kappa shape index (κ3) is 2.69. The average Bonchev–Trinajstić information content (AvgIpc) is 3.06. The van der Waals surface area contributed by atoms with Crippen molar-refractivity contribution in [2.75, 3.05) is 13.1 Å². The molecule has 1 amide bonds. The molecule has 0 aliphatic heterocycles. The number of nitrogens with one attached hydrogen (secondary N) is 1. The summed E-state index contributed by atoms with van der Waals surface area (Å²) in [5.41, 5.74) is 1.93. The van der Waals surface area contributed by atoms with Gasteiger partial charge in [0, 0.05) is 24.0 Å². The van der Waals surface area contributed by atoms with E-state index in [0.29, 0.717) is 29.9 Å². The molecule has 24 heavy (non-hydrogen) atoms. The van der Waals surface area contributed by atoms with Crippen molar-refractivity contribution in [3.05, 3.63) is 65.4 Å². The van der Waals surface area contributed by atoms with Gasteiger partial charge in [0.1, 0.15) is 5.69 Å². The maximum atomic E-state index is 13.0. The second kappa shape index (κ2) is 6.66. The number of nitrogens with zero attached hydrogens (tertiary/aromatic N) is 2. The fourth-order valence-electron chi connectivity index (χ4n) is 2.81. The van der Waals surface area contributed by atoms with Gasteiger partial charge in [0.05, 0.1) is 11.1 Å². The van der Waals surface area contributed by atoms with E-state index in [1.165, 1.54) is 0 Å². The summed E-state index contributed by atoms with van der Waals surface area (Å²) in [6.45, 7) is 5.05. The van der Waals surface area contributed by atoms with Crippen LogP contribution in [0.2, 0.25) is 0 Å². The van der Waals surface area contributed by atoms with E-state index in [9.17, 15) is 9.59 Å². The molecule has 0 bridgehead atoms. The quantitative estimate of drug-likeness (QED) is 0.733. The van der Waals surface area contributed by atoms with E-state index < -0.39 is 0 Å². The minimum Gasteiger partial charge on any atom is -0.339 e. The molecular weight excluding hydrogens is 302 g/mol. The molecule has 0 aliphatic carbocycles. The van der Waals surface area contributed by atoms with E-state index in [-0.39, 0.29) is 11.7 Å². The topological polar surface area (TPSA) is 66.1 Å². The standard InChI is InChI=1S/C19H19N3O2/c1-3-22(4-2)19(24)14-10-6-5-9-13(14)18(23)17-15-11-7-8-12-16(15)20-21-17/h5-12H,3-4H2,1-2H3,(H,20,21). The van der Waals surface area contributed by atoms with Crippen LogP contribution in [0.15, 0.2) is 48.5 Å². The summed E-state index contributed by atoms with van der Waals surface area (Å²) in [5, 5.41) is 7.78. The van der Waals surface area contributed by atoms with Gasteiger partial charge in [-0.3, -0.25) is 14.7 Å². The van der Waals surface area contributed by atoms with Crippen LogP contribution in [-0.2, 0) is 0 Å². The zero-order valence-corrected chi connectivity index (χ0v) is 13.7. The number of rotatable bonds is 5. The summed E-state index contributed by atoms with van der Waals surface area (Å²) < 4.78 is 0. The lowest BCUT2D eigenvalue weighted by molar-refractivity contribution is 0.0768. The summed E-state index contributed by atoms with van der Waals surface area (Å²) >= 11 is 0. The Kier molecular flexibility index (Phi) is 4.42. The second-order valence-corrected chi connectivity index (χ2v) is 5.47. The molecule has 3 aromatic rings. The minimum absolute atomic E-state index is 0.135. The van der Waals surface area contributed by atoms with Gasteiger partial charge in [-0.25, -0.2) is 0 Å². The van der Waals surface area contributed by atoms with Gasteiger partial charge < -0.3 is 4.90 Å². The number of H-pyrrole nitrogens is 1. The lowest BCUT2D eigenvalue weighted by Crippen LogP contribution is -2.31. The van der Waals surface area contributed by atoms with Crippen molar-refractivity contribution in [3.63, 3.8) is 0 Å². The number of aromatic nitrogens is 2. The third-order valence-electron chi connectivity index (χ3n) is 4.14. The molecule has 2 aromatic carbocycles. The molecule has 0 unspecified atom stereocenters. The van der Waals surface area contributed by atoms with Crippen LogP contribution in [0.25, 0.3) is 10.9 Å². The van der Waals surface area contributed by atoms with Crippen LogP contribution < -0.4 is 0 Å². The fourth-order valence-corrected chi connectivity index (χ4v) is 2.81. The summed E-state index contributed by atoms with van der Waals surface area (Å²) in [5.74, 6) is -0.382. The molecule has 0 atom stereocenters. The largest absolute Gasteiger partial charge is 0.339 e. The van der Waals surface area contributed by atoms with E-state index in [1.807, 2.05) is 38.1 Å². The number of ketones is 1. The van der Waals surface area contributed by atoms with Crippen LogP contribution in [0.4, 0.5) is 0 Å². The maximum Gasteiger partial charge on any atom is 0.254 e. The Morgan fingerprint density at radius 3 is 2.29 bits per heavy atom. The van der Waals surface area contributed by atoms with Crippen molar-refractivity contribution < 1.29 is 9.59 Å². The van der Waals surface area contributed by atoms with Crippen molar-refractivity contribution in [2.45, 2.75) is 13.8 Å². The first-order valence-electron chi connectivity index (χ1n) is 8.03.